The van der Waals surface area contributed by atoms with Gasteiger partial charge in [0.15, 0.2) is 0 Å². The Kier molecular flexibility index (Phi) is 8.01. The predicted octanol–water partition coefficient (Wildman–Crippen LogP) is 6.57. The van der Waals surface area contributed by atoms with E-state index in [2.05, 4.69) is 10.2 Å². The summed E-state index contributed by atoms with van der Waals surface area (Å²) in [5.41, 5.74) is 3.87. The number of nitrogens with zero attached hydrogens (tertiary/aromatic N) is 2. The van der Waals surface area contributed by atoms with Crippen LogP contribution in [0, 0.1) is 6.92 Å². The second-order valence-electron chi connectivity index (χ2n) is 8.25. The SMILES string of the molecule is Cc1ccccc1C(=O)N1CCN(c2ccc(NC(=O)C=Cc3ccc(Cl)cc3Cl)cc2Cl)CC1. The molecule has 1 fully saturated rings. The van der Waals surface area contributed by atoms with Gasteiger partial charge in [0.25, 0.3) is 5.91 Å². The highest BCUT2D eigenvalue weighted by atomic mass is 35.5. The Labute approximate surface area is 219 Å². The van der Waals surface area contributed by atoms with Gasteiger partial charge in [0.05, 0.1) is 10.7 Å². The van der Waals surface area contributed by atoms with Crippen LogP contribution in [-0.2, 0) is 4.79 Å². The van der Waals surface area contributed by atoms with Crippen LogP contribution in [0.3, 0.4) is 0 Å². The van der Waals surface area contributed by atoms with Crippen LogP contribution in [0.25, 0.3) is 6.08 Å². The quantitative estimate of drug-likeness (QED) is 0.381. The summed E-state index contributed by atoms with van der Waals surface area (Å²) in [5.74, 6) is -0.247. The monoisotopic (exact) mass is 527 g/mol. The predicted molar refractivity (Wildman–Crippen MR) is 145 cm³/mol. The highest BCUT2D eigenvalue weighted by Gasteiger charge is 2.24. The first kappa shape index (κ1) is 25.1. The van der Waals surface area contributed by atoms with Gasteiger partial charge in [0.2, 0.25) is 5.91 Å². The van der Waals surface area contributed by atoms with Gasteiger partial charge < -0.3 is 15.1 Å². The Morgan fingerprint density at radius 1 is 0.886 bits per heavy atom. The molecule has 0 spiro atoms. The van der Waals surface area contributed by atoms with Crippen molar-refractivity contribution >= 4 is 64.1 Å². The average Bonchev–Trinajstić information content (AvgIpc) is 2.84. The van der Waals surface area contributed by atoms with E-state index in [1.165, 1.54) is 6.08 Å². The number of nitrogens with one attached hydrogen (secondary N) is 1. The Morgan fingerprint density at radius 2 is 1.63 bits per heavy atom. The molecule has 1 N–H and O–H groups in total. The first-order valence-corrected chi connectivity index (χ1v) is 12.3. The summed E-state index contributed by atoms with van der Waals surface area (Å²) >= 11 is 18.6. The highest BCUT2D eigenvalue weighted by Crippen LogP contribution is 2.30. The Morgan fingerprint density at radius 3 is 2.31 bits per heavy atom. The van der Waals surface area contributed by atoms with Crippen LogP contribution < -0.4 is 10.2 Å². The van der Waals surface area contributed by atoms with Crippen molar-refractivity contribution in [3.05, 3.63) is 98.5 Å². The molecular weight excluding hydrogens is 505 g/mol. The van der Waals surface area contributed by atoms with Crippen molar-refractivity contribution in [3.8, 4) is 0 Å². The maximum absolute atomic E-state index is 12.9. The van der Waals surface area contributed by atoms with E-state index in [0.29, 0.717) is 52.5 Å². The molecule has 3 aromatic rings. The minimum Gasteiger partial charge on any atom is -0.367 e. The Bertz CT molecular complexity index is 1280. The van der Waals surface area contributed by atoms with E-state index in [9.17, 15) is 9.59 Å². The molecular formula is C27H24Cl3N3O2. The van der Waals surface area contributed by atoms with E-state index < -0.39 is 0 Å². The molecule has 1 heterocycles. The summed E-state index contributed by atoms with van der Waals surface area (Å²) in [7, 11) is 0. The average molecular weight is 529 g/mol. The molecule has 35 heavy (non-hydrogen) atoms. The van der Waals surface area contributed by atoms with Crippen LogP contribution in [0.4, 0.5) is 11.4 Å². The van der Waals surface area contributed by atoms with Crippen molar-refractivity contribution in [3.63, 3.8) is 0 Å². The number of anilines is 2. The lowest BCUT2D eigenvalue weighted by Gasteiger charge is -2.36. The Balaban J connectivity index is 1.35. The number of carbonyl (C=O) groups excluding carboxylic acids is 2. The van der Waals surface area contributed by atoms with Gasteiger partial charge in [-0.3, -0.25) is 9.59 Å². The molecule has 0 atom stereocenters. The third kappa shape index (κ3) is 6.17. The van der Waals surface area contributed by atoms with E-state index in [1.807, 2.05) is 48.2 Å². The second-order valence-corrected chi connectivity index (χ2v) is 9.50. The summed E-state index contributed by atoms with van der Waals surface area (Å²) in [5, 5.41) is 4.34. The number of hydrogen-bond donors (Lipinski definition) is 1. The van der Waals surface area contributed by atoms with Crippen molar-refractivity contribution in [2.24, 2.45) is 0 Å². The summed E-state index contributed by atoms with van der Waals surface area (Å²) in [4.78, 5) is 29.2. The highest BCUT2D eigenvalue weighted by molar-refractivity contribution is 6.35. The van der Waals surface area contributed by atoms with Crippen LogP contribution in [0.15, 0.2) is 66.7 Å². The zero-order valence-electron chi connectivity index (χ0n) is 19.1. The van der Waals surface area contributed by atoms with Crippen LogP contribution in [0.1, 0.15) is 21.5 Å². The summed E-state index contributed by atoms with van der Waals surface area (Å²) in [6, 6.07) is 18.1. The molecule has 0 radical (unpaired) electrons. The Hall–Kier alpha value is -2.99. The molecule has 1 aliphatic rings. The third-order valence-corrected chi connectivity index (χ3v) is 6.74. The maximum atomic E-state index is 12.9. The van der Waals surface area contributed by atoms with Gasteiger partial charge in [-0.2, -0.15) is 0 Å². The minimum atomic E-state index is -0.303. The number of hydrogen-bond acceptors (Lipinski definition) is 3. The first-order chi connectivity index (χ1) is 16.8. The minimum absolute atomic E-state index is 0.0554. The zero-order chi connectivity index (χ0) is 24.9. The third-order valence-electron chi connectivity index (χ3n) is 5.88. The van der Waals surface area contributed by atoms with Crippen molar-refractivity contribution < 1.29 is 9.59 Å². The maximum Gasteiger partial charge on any atom is 0.254 e. The molecule has 0 bridgehead atoms. The lowest BCUT2D eigenvalue weighted by atomic mass is 10.1. The van der Waals surface area contributed by atoms with Crippen molar-refractivity contribution in [2.75, 3.05) is 36.4 Å². The summed E-state index contributed by atoms with van der Waals surface area (Å²) in [6.45, 7) is 4.52. The lowest BCUT2D eigenvalue weighted by molar-refractivity contribution is -0.111. The number of halogens is 3. The van der Waals surface area contributed by atoms with Gasteiger partial charge in [-0.15, -0.1) is 0 Å². The summed E-state index contributed by atoms with van der Waals surface area (Å²) < 4.78 is 0. The molecule has 1 saturated heterocycles. The summed E-state index contributed by atoms with van der Waals surface area (Å²) in [6.07, 6.45) is 3.03. The van der Waals surface area contributed by atoms with E-state index in [4.69, 9.17) is 34.8 Å². The lowest BCUT2D eigenvalue weighted by Crippen LogP contribution is -2.49. The molecule has 8 heteroatoms. The normalized spacial score (nSPS) is 13.8. The number of carbonyl (C=O) groups is 2. The molecule has 0 aliphatic carbocycles. The molecule has 0 aromatic heterocycles. The molecule has 5 nitrogen and oxygen atoms in total. The fourth-order valence-corrected chi connectivity index (χ4v) is 4.73. The van der Waals surface area contributed by atoms with E-state index in [1.54, 1.807) is 30.3 Å². The van der Waals surface area contributed by atoms with Crippen molar-refractivity contribution in [1.82, 2.24) is 4.90 Å². The largest absolute Gasteiger partial charge is 0.367 e. The first-order valence-electron chi connectivity index (χ1n) is 11.2. The van der Waals surface area contributed by atoms with Crippen molar-refractivity contribution in [2.45, 2.75) is 6.92 Å². The smallest absolute Gasteiger partial charge is 0.254 e. The molecule has 1 aliphatic heterocycles. The van der Waals surface area contributed by atoms with Crippen LogP contribution in [0.2, 0.25) is 15.1 Å². The number of benzene rings is 3. The van der Waals surface area contributed by atoms with E-state index in [0.717, 1.165) is 16.8 Å². The van der Waals surface area contributed by atoms with E-state index in [-0.39, 0.29) is 11.8 Å². The molecule has 4 rings (SSSR count). The molecule has 0 unspecified atom stereocenters. The van der Waals surface area contributed by atoms with Gasteiger partial charge in [-0.1, -0.05) is 59.1 Å². The van der Waals surface area contributed by atoms with Crippen LogP contribution >= 0.6 is 34.8 Å². The molecule has 0 saturated carbocycles. The van der Waals surface area contributed by atoms with Gasteiger partial charge in [0, 0.05) is 53.6 Å². The second kappa shape index (κ2) is 11.2. The van der Waals surface area contributed by atoms with Crippen LogP contribution in [0.5, 0.6) is 0 Å². The van der Waals surface area contributed by atoms with Crippen molar-refractivity contribution in [1.29, 1.82) is 0 Å². The fourth-order valence-electron chi connectivity index (χ4n) is 3.96. The van der Waals surface area contributed by atoms with Gasteiger partial charge in [0.1, 0.15) is 0 Å². The van der Waals surface area contributed by atoms with Crippen LogP contribution in [-0.4, -0.2) is 42.9 Å². The van der Waals surface area contributed by atoms with Gasteiger partial charge >= 0.3 is 0 Å². The number of rotatable bonds is 5. The molecule has 180 valence electrons. The number of aryl methyl sites for hydroxylation is 1. The van der Waals surface area contributed by atoms with E-state index >= 15 is 0 Å². The molecule has 2 amide bonds. The standard InChI is InChI=1S/C27H24Cl3N3O2/c1-18-4-2-3-5-22(18)27(35)33-14-12-32(13-15-33)25-10-9-21(17-24(25)30)31-26(34)11-7-19-6-8-20(28)16-23(19)29/h2-11,16-17H,12-15H2,1H3,(H,31,34). The topological polar surface area (TPSA) is 52.7 Å². The molecule has 3 aromatic carbocycles. The number of amides is 2. The zero-order valence-corrected chi connectivity index (χ0v) is 21.4. The van der Waals surface area contributed by atoms with Gasteiger partial charge in [-0.05, 0) is 60.5 Å². The number of piperazine rings is 1. The van der Waals surface area contributed by atoms with Gasteiger partial charge in [-0.25, -0.2) is 0 Å². The fraction of sp³-hybridized carbons (Fsp3) is 0.185.